The maximum Gasteiger partial charge on any atom is 0.0984 e. The highest BCUT2D eigenvalue weighted by molar-refractivity contribution is 7.99. The van der Waals surface area contributed by atoms with E-state index in [0.717, 1.165) is 24.5 Å². The van der Waals surface area contributed by atoms with Crippen molar-refractivity contribution in [1.82, 2.24) is 15.1 Å². The summed E-state index contributed by atoms with van der Waals surface area (Å²) in [4.78, 5) is 0. The number of rotatable bonds is 5. The van der Waals surface area contributed by atoms with E-state index in [1.807, 2.05) is 23.5 Å². The molecular formula is C10H19N3S. The molecule has 1 N–H and O–H groups in total. The largest absolute Gasteiger partial charge is 0.313 e. The van der Waals surface area contributed by atoms with Crippen LogP contribution in [0.1, 0.15) is 25.1 Å². The molecule has 1 aromatic heterocycles. The van der Waals surface area contributed by atoms with E-state index >= 15 is 0 Å². The maximum absolute atomic E-state index is 4.44. The van der Waals surface area contributed by atoms with Gasteiger partial charge in [-0.25, -0.2) is 0 Å². The molecule has 14 heavy (non-hydrogen) atoms. The van der Waals surface area contributed by atoms with E-state index in [1.165, 1.54) is 10.6 Å². The van der Waals surface area contributed by atoms with Gasteiger partial charge in [0.15, 0.2) is 0 Å². The molecule has 3 nitrogen and oxygen atoms in total. The minimum absolute atomic E-state index is 0.929. The van der Waals surface area contributed by atoms with Gasteiger partial charge in [-0.05, 0) is 19.2 Å². The molecule has 0 atom stereocenters. The lowest BCUT2D eigenvalue weighted by atomic mass is 10.2. The Morgan fingerprint density at radius 3 is 2.71 bits per heavy atom. The van der Waals surface area contributed by atoms with Crippen molar-refractivity contribution in [2.45, 2.75) is 32.3 Å². The van der Waals surface area contributed by atoms with Gasteiger partial charge in [-0.2, -0.15) is 5.10 Å². The summed E-state index contributed by atoms with van der Waals surface area (Å²) in [7, 11) is 2.01. The Morgan fingerprint density at radius 1 is 1.43 bits per heavy atom. The molecule has 0 bridgehead atoms. The molecule has 0 unspecified atom stereocenters. The van der Waals surface area contributed by atoms with Crippen molar-refractivity contribution in [1.29, 1.82) is 0 Å². The van der Waals surface area contributed by atoms with E-state index in [9.17, 15) is 0 Å². The molecule has 0 aliphatic carbocycles. The number of thioether (sulfide) groups is 1. The van der Waals surface area contributed by atoms with Crippen molar-refractivity contribution >= 4 is 11.8 Å². The molecule has 0 fully saturated rings. The van der Waals surface area contributed by atoms with Crippen LogP contribution in [0, 0.1) is 6.92 Å². The van der Waals surface area contributed by atoms with Gasteiger partial charge < -0.3 is 5.32 Å². The second kappa shape index (κ2) is 5.41. The fraction of sp³-hybridized carbons (Fsp3) is 0.700. The first-order chi connectivity index (χ1) is 6.70. The monoisotopic (exact) mass is 213 g/mol. The van der Waals surface area contributed by atoms with E-state index in [1.54, 1.807) is 0 Å². The number of aromatic nitrogens is 2. The molecule has 0 saturated heterocycles. The fourth-order valence-electron chi connectivity index (χ4n) is 1.45. The zero-order valence-corrected chi connectivity index (χ0v) is 10.2. The Balaban J connectivity index is 2.86. The predicted octanol–water partition coefficient (Wildman–Crippen LogP) is 1.95. The first kappa shape index (κ1) is 11.6. The second-order valence-corrected chi connectivity index (χ2v) is 4.46. The lowest BCUT2D eigenvalue weighted by Crippen LogP contribution is -2.12. The van der Waals surface area contributed by atoms with Crippen LogP contribution in [0.2, 0.25) is 0 Å². The third-order valence-corrected chi connectivity index (χ3v) is 3.19. The van der Waals surface area contributed by atoms with Crippen LogP contribution < -0.4 is 5.32 Å². The third-order valence-electron chi connectivity index (χ3n) is 2.12. The fourth-order valence-corrected chi connectivity index (χ4v) is 2.35. The Hall–Kier alpha value is -0.480. The number of nitrogens with one attached hydrogen (secondary N) is 1. The topological polar surface area (TPSA) is 29.9 Å². The van der Waals surface area contributed by atoms with Crippen molar-refractivity contribution in [3.63, 3.8) is 0 Å². The molecule has 0 aliphatic rings. The van der Waals surface area contributed by atoms with E-state index in [-0.39, 0.29) is 0 Å². The zero-order valence-electron chi connectivity index (χ0n) is 9.42. The Kier molecular flexibility index (Phi) is 4.48. The molecule has 4 heteroatoms. The van der Waals surface area contributed by atoms with Gasteiger partial charge in [0.05, 0.1) is 10.7 Å². The number of hydrogen-bond donors (Lipinski definition) is 1. The van der Waals surface area contributed by atoms with Crippen LogP contribution in [0.3, 0.4) is 0 Å². The predicted molar refractivity (Wildman–Crippen MR) is 61.7 cm³/mol. The maximum atomic E-state index is 4.44. The van der Waals surface area contributed by atoms with Crippen molar-refractivity contribution in [3.05, 3.63) is 11.3 Å². The minimum atomic E-state index is 0.929. The number of aryl methyl sites for hydroxylation is 2. The van der Waals surface area contributed by atoms with Crippen LogP contribution in [0.25, 0.3) is 0 Å². The summed E-state index contributed by atoms with van der Waals surface area (Å²) in [6.45, 7) is 8.30. The molecule has 0 radical (unpaired) electrons. The van der Waals surface area contributed by atoms with E-state index in [2.05, 4.69) is 31.2 Å². The van der Waals surface area contributed by atoms with Crippen molar-refractivity contribution in [3.8, 4) is 0 Å². The highest BCUT2D eigenvalue weighted by atomic mass is 32.2. The van der Waals surface area contributed by atoms with Crippen LogP contribution in [0.5, 0.6) is 0 Å². The molecule has 1 rings (SSSR count). The third kappa shape index (κ3) is 2.51. The van der Waals surface area contributed by atoms with Crippen LogP contribution in [-0.2, 0) is 13.6 Å². The quantitative estimate of drug-likeness (QED) is 0.758. The molecule has 0 spiro atoms. The summed E-state index contributed by atoms with van der Waals surface area (Å²) >= 11 is 1.86. The molecule has 80 valence electrons. The van der Waals surface area contributed by atoms with E-state index in [4.69, 9.17) is 0 Å². The summed E-state index contributed by atoms with van der Waals surface area (Å²) in [6, 6.07) is 0. The molecule has 1 aromatic rings. The highest BCUT2D eigenvalue weighted by Crippen LogP contribution is 2.24. The van der Waals surface area contributed by atoms with Crippen LogP contribution >= 0.6 is 11.8 Å². The highest BCUT2D eigenvalue weighted by Gasteiger charge is 2.11. The summed E-state index contributed by atoms with van der Waals surface area (Å²) in [5.41, 5.74) is 2.49. The lowest BCUT2D eigenvalue weighted by molar-refractivity contribution is 0.674. The SMILES string of the molecule is CCNCc1c(C)nn(C)c1SCC. The van der Waals surface area contributed by atoms with Gasteiger partial charge in [0.25, 0.3) is 0 Å². The van der Waals surface area contributed by atoms with Crippen molar-refractivity contribution in [2.24, 2.45) is 7.05 Å². The zero-order chi connectivity index (χ0) is 10.6. The van der Waals surface area contributed by atoms with Gasteiger partial charge in [-0.15, -0.1) is 11.8 Å². The van der Waals surface area contributed by atoms with Gasteiger partial charge in [-0.3, -0.25) is 4.68 Å². The standard InChI is InChI=1S/C10H19N3S/c1-5-11-7-9-8(3)12-13(4)10(9)14-6-2/h11H,5-7H2,1-4H3. The first-order valence-corrected chi connectivity index (χ1v) is 6.05. The summed E-state index contributed by atoms with van der Waals surface area (Å²) in [5.74, 6) is 1.10. The number of hydrogen-bond acceptors (Lipinski definition) is 3. The molecular weight excluding hydrogens is 194 g/mol. The Labute approximate surface area is 90.3 Å². The summed E-state index contributed by atoms with van der Waals surface area (Å²) in [5, 5.41) is 9.09. The van der Waals surface area contributed by atoms with Crippen LogP contribution in [-0.4, -0.2) is 22.1 Å². The molecule has 1 heterocycles. The molecule has 0 aliphatic heterocycles. The average molecular weight is 213 g/mol. The van der Waals surface area contributed by atoms with Crippen LogP contribution in [0.15, 0.2) is 5.03 Å². The van der Waals surface area contributed by atoms with Gasteiger partial charge in [0.2, 0.25) is 0 Å². The number of nitrogens with zero attached hydrogens (tertiary/aromatic N) is 2. The van der Waals surface area contributed by atoms with E-state index in [0.29, 0.717) is 0 Å². The van der Waals surface area contributed by atoms with Gasteiger partial charge in [-0.1, -0.05) is 13.8 Å². The van der Waals surface area contributed by atoms with Gasteiger partial charge in [0, 0.05) is 19.2 Å². The smallest absolute Gasteiger partial charge is 0.0984 e. The van der Waals surface area contributed by atoms with E-state index < -0.39 is 0 Å². The second-order valence-electron chi connectivity index (χ2n) is 3.21. The molecule has 0 saturated carbocycles. The Bertz CT molecular complexity index is 294. The lowest BCUT2D eigenvalue weighted by Gasteiger charge is -2.05. The van der Waals surface area contributed by atoms with Crippen molar-refractivity contribution < 1.29 is 0 Å². The normalized spacial score (nSPS) is 10.9. The minimum Gasteiger partial charge on any atom is -0.313 e. The first-order valence-electron chi connectivity index (χ1n) is 5.06. The molecule has 0 aromatic carbocycles. The van der Waals surface area contributed by atoms with Gasteiger partial charge >= 0.3 is 0 Å². The van der Waals surface area contributed by atoms with Crippen LogP contribution in [0.4, 0.5) is 0 Å². The Morgan fingerprint density at radius 2 is 2.14 bits per heavy atom. The average Bonchev–Trinajstić information content (AvgIpc) is 2.40. The summed E-state index contributed by atoms with van der Waals surface area (Å²) in [6.07, 6.45) is 0. The van der Waals surface area contributed by atoms with Gasteiger partial charge in [0.1, 0.15) is 0 Å². The van der Waals surface area contributed by atoms with Crippen molar-refractivity contribution in [2.75, 3.05) is 12.3 Å². The molecule has 0 amide bonds. The summed E-state index contributed by atoms with van der Waals surface area (Å²) < 4.78 is 1.98.